The molecule has 1 aliphatic rings. The van der Waals surface area contributed by atoms with Crippen molar-refractivity contribution in [1.82, 2.24) is 0 Å². The highest BCUT2D eigenvalue weighted by atomic mass is 14.2. The maximum atomic E-state index is 4.28. The molecule has 0 heterocycles. The summed E-state index contributed by atoms with van der Waals surface area (Å²) in [6.45, 7) is 4.28. The lowest BCUT2D eigenvalue weighted by atomic mass is 9.79. The Balaban J connectivity index is 2.20. The molecule has 2 aromatic carbocycles. The molecule has 0 saturated heterocycles. The minimum absolute atomic E-state index is 0.297. The molecule has 0 saturated carbocycles. The van der Waals surface area contributed by atoms with E-state index in [0.29, 0.717) is 5.92 Å². The molecule has 0 bridgehead atoms. The zero-order chi connectivity index (χ0) is 10.3. The van der Waals surface area contributed by atoms with Gasteiger partial charge in [0, 0.05) is 5.92 Å². The minimum atomic E-state index is 0.297. The van der Waals surface area contributed by atoms with Gasteiger partial charge in [0.15, 0.2) is 0 Å². The summed E-state index contributed by atoms with van der Waals surface area (Å²) in [5.41, 5.74) is 5.62. The van der Waals surface area contributed by atoms with Crippen LogP contribution in [-0.4, -0.2) is 0 Å². The number of fused-ring (bicyclic) bond motifs is 2. The fourth-order valence-electron chi connectivity index (χ4n) is 2.44. The largest absolute Gasteiger partial charge is 0.0620 e. The van der Waals surface area contributed by atoms with Crippen molar-refractivity contribution < 1.29 is 0 Å². The molecule has 15 heavy (non-hydrogen) atoms. The molecule has 0 aliphatic heterocycles. The summed E-state index contributed by atoms with van der Waals surface area (Å²) in [7, 11) is 0. The van der Waals surface area contributed by atoms with Crippen LogP contribution in [-0.2, 0) is 6.42 Å². The molecular weight excluding hydrogens is 180 g/mol. The van der Waals surface area contributed by atoms with Crippen LogP contribution in [0.1, 0.15) is 28.2 Å². The lowest BCUT2D eigenvalue weighted by Gasteiger charge is -2.25. The smallest absolute Gasteiger partial charge is 0.00953 e. The molecule has 1 aliphatic carbocycles. The third-order valence-corrected chi connectivity index (χ3v) is 3.24. The molecule has 0 atom stereocenters. The standard InChI is InChI=1S/C15H13/c1-11-14-8-4-2-6-12(14)10-13-7-3-5-9-15(11)13/h2-9,11H,1,10H2. The maximum Gasteiger partial charge on any atom is 0.00953 e. The normalized spacial score (nSPS) is 14.5. The van der Waals surface area contributed by atoms with Crippen molar-refractivity contribution in [1.29, 1.82) is 0 Å². The highest BCUT2D eigenvalue weighted by molar-refractivity contribution is 5.49. The first-order chi connectivity index (χ1) is 7.36. The van der Waals surface area contributed by atoms with Crippen molar-refractivity contribution in [2.24, 2.45) is 0 Å². The molecular formula is C15H13. The molecule has 0 nitrogen and oxygen atoms in total. The second-order valence-electron chi connectivity index (χ2n) is 4.13. The van der Waals surface area contributed by atoms with Crippen LogP contribution in [0.3, 0.4) is 0 Å². The van der Waals surface area contributed by atoms with Crippen LogP contribution in [0, 0.1) is 6.92 Å². The molecule has 0 amide bonds. The summed E-state index contributed by atoms with van der Waals surface area (Å²) in [4.78, 5) is 0. The van der Waals surface area contributed by atoms with E-state index in [0.717, 1.165) is 6.42 Å². The molecule has 1 radical (unpaired) electrons. The predicted molar refractivity (Wildman–Crippen MR) is 62.9 cm³/mol. The Labute approximate surface area is 90.6 Å². The highest BCUT2D eigenvalue weighted by Gasteiger charge is 2.20. The van der Waals surface area contributed by atoms with Crippen molar-refractivity contribution in [2.45, 2.75) is 12.3 Å². The van der Waals surface area contributed by atoms with Crippen LogP contribution in [0.2, 0.25) is 0 Å². The van der Waals surface area contributed by atoms with Gasteiger partial charge in [-0.2, -0.15) is 0 Å². The fraction of sp³-hybridized carbons (Fsp3) is 0.133. The first-order valence-corrected chi connectivity index (χ1v) is 5.35. The van der Waals surface area contributed by atoms with E-state index in [1.54, 1.807) is 0 Å². The second kappa shape index (κ2) is 3.23. The molecule has 0 spiro atoms. The van der Waals surface area contributed by atoms with E-state index in [2.05, 4.69) is 55.5 Å². The molecule has 0 aromatic heterocycles. The van der Waals surface area contributed by atoms with Gasteiger partial charge >= 0.3 is 0 Å². The van der Waals surface area contributed by atoms with Crippen molar-refractivity contribution >= 4 is 0 Å². The molecule has 0 unspecified atom stereocenters. The molecule has 73 valence electrons. The minimum Gasteiger partial charge on any atom is -0.0620 e. The third kappa shape index (κ3) is 1.29. The van der Waals surface area contributed by atoms with E-state index in [-0.39, 0.29) is 0 Å². The summed E-state index contributed by atoms with van der Waals surface area (Å²) in [6, 6.07) is 17.2. The summed E-state index contributed by atoms with van der Waals surface area (Å²) in [5, 5.41) is 0. The van der Waals surface area contributed by atoms with E-state index in [4.69, 9.17) is 0 Å². The monoisotopic (exact) mass is 193 g/mol. The Kier molecular flexibility index (Phi) is 1.88. The Hall–Kier alpha value is -1.56. The van der Waals surface area contributed by atoms with Crippen LogP contribution >= 0.6 is 0 Å². The van der Waals surface area contributed by atoms with Crippen LogP contribution in [0.4, 0.5) is 0 Å². The fourth-order valence-corrected chi connectivity index (χ4v) is 2.44. The highest BCUT2D eigenvalue weighted by Crippen LogP contribution is 2.35. The number of rotatable bonds is 0. The lowest BCUT2D eigenvalue weighted by Crippen LogP contribution is -2.10. The van der Waals surface area contributed by atoms with Crippen LogP contribution in [0.15, 0.2) is 48.5 Å². The van der Waals surface area contributed by atoms with Gasteiger partial charge in [0.25, 0.3) is 0 Å². The Morgan fingerprint density at radius 3 is 1.80 bits per heavy atom. The Bertz CT molecular complexity index is 451. The first-order valence-electron chi connectivity index (χ1n) is 5.35. The summed E-state index contributed by atoms with van der Waals surface area (Å²) in [5.74, 6) is 0.297. The topological polar surface area (TPSA) is 0 Å². The van der Waals surface area contributed by atoms with Gasteiger partial charge in [-0.15, -0.1) is 0 Å². The van der Waals surface area contributed by atoms with E-state index >= 15 is 0 Å². The summed E-state index contributed by atoms with van der Waals surface area (Å²) >= 11 is 0. The first kappa shape index (κ1) is 8.72. The number of hydrogen-bond acceptors (Lipinski definition) is 0. The molecule has 0 fully saturated rings. The molecule has 0 heteroatoms. The van der Waals surface area contributed by atoms with Crippen LogP contribution < -0.4 is 0 Å². The van der Waals surface area contributed by atoms with Gasteiger partial charge in [-0.3, -0.25) is 0 Å². The van der Waals surface area contributed by atoms with Gasteiger partial charge in [-0.05, 0) is 35.6 Å². The second-order valence-corrected chi connectivity index (χ2v) is 4.13. The quantitative estimate of drug-likeness (QED) is 0.600. The average Bonchev–Trinajstić information content (AvgIpc) is 2.30. The Morgan fingerprint density at radius 1 is 0.800 bits per heavy atom. The van der Waals surface area contributed by atoms with Crippen molar-refractivity contribution in [2.75, 3.05) is 0 Å². The van der Waals surface area contributed by atoms with Gasteiger partial charge in [0.1, 0.15) is 0 Å². The zero-order valence-corrected chi connectivity index (χ0v) is 8.61. The van der Waals surface area contributed by atoms with Gasteiger partial charge in [-0.1, -0.05) is 48.5 Å². The number of hydrogen-bond donors (Lipinski definition) is 0. The maximum absolute atomic E-state index is 4.28. The SMILES string of the molecule is [CH2]C1c2ccccc2Cc2ccccc21. The van der Waals surface area contributed by atoms with E-state index in [1.807, 2.05) is 0 Å². The molecule has 0 N–H and O–H groups in total. The van der Waals surface area contributed by atoms with Crippen LogP contribution in [0.5, 0.6) is 0 Å². The predicted octanol–water partition coefficient (Wildman–Crippen LogP) is 3.56. The molecule has 2 aromatic rings. The lowest BCUT2D eigenvalue weighted by molar-refractivity contribution is 0.911. The zero-order valence-electron chi connectivity index (χ0n) is 8.61. The van der Waals surface area contributed by atoms with Crippen molar-refractivity contribution in [3.8, 4) is 0 Å². The average molecular weight is 193 g/mol. The molecule has 3 rings (SSSR count). The van der Waals surface area contributed by atoms with Crippen molar-refractivity contribution in [3.05, 3.63) is 77.7 Å². The van der Waals surface area contributed by atoms with E-state index in [9.17, 15) is 0 Å². The summed E-state index contributed by atoms with van der Waals surface area (Å²) < 4.78 is 0. The summed E-state index contributed by atoms with van der Waals surface area (Å²) in [6.07, 6.45) is 1.05. The number of benzene rings is 2. The Morgan fingerprint density at radius 2 is 1.27 bits per heavy atom. The van der Waals surface area contributed by atoms with Gasteiger partial charge < -0.3 is 0 Å². The van der Waals surface area contributed by atoms with Gasteiger partial charge in [0.05, 0.1) is 0 Å². The van der Waals surface area contributed by atoms with Gasteiger partial charge in [0.2, 0.25) is 0 Å². The third-order valence-electron chi connectivity index (χ3n) is 3.24. The van der Waals surface area contributed by atoms with Crippen LogP contribution in [0.25, 0.3) is 0 Å². The van der Waals surface area contributed by atoms with E-state index < -0.39 is 0 Å². The van der Waals surface area contributed by atoms with E-state index in [1.165, 1.54) is 22.3 Å². The van der Waals surface area contributed by atoms with Gasteiger partial charge in [-0.25, -0.2) is 0 Å². The van der Waals surface area contributed by atoms with Crippen molar-refractivity contribution in [3.63, 3.8) is 0 Å².